The summed E-state index contributed by atoms with van der Waals surface area (Å²) in [4.78, 5) is 7.83. The second kappa shape index (κ2) is 5.31. The molecule has 0 aliphatic rings. The molecule has 5 nitrogen and oxygen atoms in total. The van der Waals surface area contributed by atoms with E-state index >= 15 is 0 Å². The van der Waals surface area contributed by atoms with Gasteiger partial charge < -0.3 is 10.5 Å². The number of nitrogen functional groups attached to an aromatic ring is 1. The predicted octanol–water partition coefficient (Wildman–Crippen LogP) is 2.42. The predicted molar refractivity (Wildman–Crippen MR) is 67.0 cm³/mol. The summed E-state index contributed by atoms with van der Waals surface area (Å²) in [5.74, 6) is 0.00915. The third kappa shape index (κ3) is 2.45. The molecule has 0 fully saturated rings. The molecule has 0 aliphatic heterocycles. The van der Waals surface area contributed by atoms with Gasteiger partial charge in [-0.05, 0) is 18.6 Å². The number of anilines is 1. The fraction of sp³-hybridized carbons (Fsp3) is 0.154. The Bertz CT molecular complexity index is 652. The molecule has 2 rings (SSSR count). The Morgan fingerprint density at radius 2 is 2.21 bits per heavy atom. The van der Waals surface area contributed by atoms with E-state index in [0.29, 0.717) is 17.8 Å². The highest BCUT2D eigenvalue weighted by Gasteiger charge is 2.14. The van der Waals surface area contributed by atoms with Crippen molar-refractivity contribution in [3.05, 3.63) is 41.5 Å². The fourth-order valence-electron chi connectivity index (χ4n) is 1.63. The number of nitrogens with zero attached hydrogens (tertiary/aromatic N) is 3. The molecule has 2 N–H and O–H groups in total. The van der Waals surface area contributed by atoms with Crippen LogP contribution in [0.3, 0.4) is 0 Å². The monoisotopic (exact) mass is 258 g/mol. The molecule has 0 radical (unpaired) electrons. The van der Waals surface area contributed by atoms with Crippen LogP contribution in [-0.4, -0.2) is 9.97 Å². The molecular formula is C13H11FN4O. The summed E-state index contributed by atoms with van der Waals surface area (Å²) in [6.45, 7) is 1.87. The smallest absolute Gasteiger partial charge is 0.227 e. The van der Waals surface area contributed by atoms with Crippen molar-refractivity contribution < 1.29 is 9.13 Å². The molecule has 0 saturated carbocycles. The van der Waals surface area contributed by atoms with Crippen molar-refractivity contribution in [1.29, 1.82) is 5.26 Å². The lowest BCUT2D eigenvalue weighted by molar-refractivity contribution is 0.449. The number of nitriles is 1. The molecule has 6 heteroatoms. The second-order valence-corrected chi connectivity index (χ2v) is 3.72. The number of nitrogens with two attached hydrogens (primary N) is 1. The number of hydrogen-bond donors (Lipinski definition) is 1. The van der Waals surface area contributed by atoms with E-state index in [0.717, 1.165) is 0 Å². The minimum absolute atomic E-state index is 0.107. The van der Waals surface area contributed by atoms with Crippen LogP contribution < -0.4 is 10.5 Å². The van der Waals surface area contributed by atoms with E-state index in [4.69, 9.17) is 15.7 Å². The average molecular weight is 258 g/mol. The average Bonchev–Trinajstić information content (AvgIpc) is 2.39. The molecular weight excluding hydrogens is 247 g/mol. The lowest BCUT2D eigenvalue weighted by atomic mass is 10.2. The van der Waals surface area contributed by atoms with E-state index < -0.39 is 5.82 Å². The molecule has 0 saturated heterocycles. The molecule has 19 heavy (non-hydrogen) atoms. The Morgan fingerprint density at radius 3 is 2.89 bits per heavy atom. The van der Waals surface area contributed by atoms with Gasteiger partial charge in [0.2, 0.25) is 5.88 Å². The molecule has 2 aromatic rings. The Kier molecular flexibility index (Phi) is 3.57. The van der Waals surface area contributed by atoms with Gasteiger partial charge in [-0.25, -0.2) is 14.4 Å². The van der Waals surface area contributed by atoms with E-state index in [1.54, 1.807) is 6.07 Å². The maximum absolute atomic E-state index is 13.5. The van der Waals surface area contributed by atoms with E-state index in [1.807, 2.05) is 6.92 Å². The first kappa shape index (κ1) is 12.8. The molecule has 1 aromatic carbocycles. The van der Waals surface area contributed by atoms with Gasteiger partial charge in [0.1, 0.15) is 35.3 Å². The molecule has 0 unspecified atom stereocenters. The number of halogens is 1. The van der Waals surface area contributed by atoms with Crippen molar-refractivity contribution in [3.8, 4) is 17.7 Å². The van der Waals surface area contributed by atoms with Crippen molar-refractivity contribution >= 4 is 5.82 Å². The lowest BCUT2D eigenvalue weighted by Crippen LogP contribution is -2.02. The minimum Gasteiger partial charge on any atom is -0.437 e. The van der Waals surface area contributed by atoms with Gasteiger partial charge in [-0.1, -0.05) is 13.0 Å². The highest BCUT2D eigenvalue weighted by atomic mass is 19.1. The second-order valence-electron chi connectivity index (χ2n) is 3.72. The van der Waals surface area contributed by atoms with Gasteiger partial charge >= 0.3 is 0 Å². The van der Waals surface area contributed by atoms with Gasteiger partial charge in [-0.2, -0.15) is 5.26 Å². The summed E-state index contributed by atoms with van der Waals surface area (Å²) < 4.78 is 18.9. The lowest BCUT2D eigenvalue weighted by Gasteiger charge is -2.11. The minimum atomic E-state index is -0.639. The molecule has 0 spiro atoms. The summed E-state index contributed by atoms with van der Waals surface area (Å²) in [5, 5.41) is 8.93. The van der Waals surface area contributed by atoms with Crippen LogP contribution in [0.5, 0.6) is 11.6 Å². The van der Waals surface area contributed by atoms with Crippen molar-refractivity contribution in [2.45, 2.75) is 13.3 Å². The number of ether oxygens (including phenoxy) is 1. The third-order valence-electron chi connectivity index (χ3n) is 2.59. The van der Waals surface area contributed by atoms with Gasteiger partial charge in [-0.15, -0.1) is 0 Å². The number of rotatable bonds is 3. The molecule has 0 aliphatic carbocycles. The summed E-state index contributed by atoms with van der Waals surface area (Å²) in [6, 6.07) is 5.92. The van der Waals surface area contributed by atoms with Crippen molar-refractivity contribution in [1.82, 2.24) is 9.97 Å². The Morgan fingerprint density at radius 1 is 1.42 bits per heavy atom. The maximum Gasteiger partial charge on any atom is 0.227 e. The third-order valence-corrected chi connectivity index (χ3v) is 2.59. The molecule has 96 valence electrons. The van der Waals surface area contributed by atoms with E-state index in [1.165, 1.54) is 24.5 Å². The summed E-state index contributed by atoms with van der Waals surface area (Å²) in [7, 11) is 0. The Hall–Kier alpha value is -2.68. The molecule has 1 heterocycles. The zero-order valence-electron chi connectivity index (χ0n) is 10.2. The van der Waals surface area contributed by atoms with Crippen LogP contribution in [0.15, 0.2) is 24.5 Å². The normalized spacial score (nSPS) is 9.95. The molecule has 1 aromatic heterocycles. The first-order valence-corrected chi connectivity index (χ1v) is 5.63. The highest BCUT2D eigenvalue weighted by molar-refractivity contribution is 5.49. The van der Waals surface area contributed by atoms with E-state index in [2.05, 4.69) is 9.97 Å². The van der Waals surface area contributed by atoms with E-state index in [9.17, 15) is 4.39 Å². The topological polar surface area (TPSA) is 84.8 Å². The first-order valence-electron chi connectivity index (χ1n) is 5.63. The van der Waals surface area contributed by atoms with Crippen molar-refractivity contribution in [2.24, 2.45) is 0 Å². The van der Waals surface area contributed by atoms with Crippen molar-refractivity contribution in [2.75, 3.05) is 5.73 Å². The highest BCUT2D eigenvalue weighted by Crippen LogP contribution is 2.29. The van der Waals surface area contributed by atoms with Crippen LogP contribution >= 0.6 is 0 Å². The van der Waals surface area contributed by atoms with Crippen LogP contribution in [0.25, 0.3) is 0 Å². The first-order chi connectivity index (χ1) is 9.17. The number of hydrogen-bond acceptors (Lipinski definition) is 5. The molecule has 0 amide bonds. The quantitative estimate of drug-likeness (QED) is 0.913. The van der Waals surface area contributed by atoms with Gasteiger partial charge in [0, 0.05) is 0 Å². The summed E-state index contributed by atoms with van der Waals surface area (Å²) in [6.07, 6.45) is 1.83. The summed E-state index contributed by atoms with van der Waals surface area (Å²) >= 11 is 0. The van der Waals surface area contributed by atoms with Crippen LogP contribution in [0.2, 0.25) is 0 Å². The fourth-order valence-corrected chi connectivity index (χ4v) is 1.63. The van der Waals surface area contributed by atoms with Crippen molar-refractivity contribution in [3.63, 3.8) is 0 Å². The summed E-state index contributed by atoms with van der Waals surface area (Å²) in [5.41, 5.74) is 6.17. The van der Waals surface area contributed by atoms with Gasteiger partial charge in [0.15, 0.2) is 0 Å². The van der Waals surface area contributed by atoms with Crippen LogP contribution in [0.1, 0.15) is 18.1 Å². The SMILES string of the molecule is CCc1c(N)ncnc1Oc1cccc(F)c1C#N. The molecule has 0 bridgehead atoms. The van der Waals surface area contributed by atoms with Crippen LogP contribution in [0.4, 0.5) is 10.2 Å². The van der Waals surface area contributed by atoms with Gasteiger partial charge in [0.25, 0.3) is 0 Å². The Balaban J connectivity index is 2.46. The van der Waals surface area contributed by atoms with Gasteiger partial charge in [0.05, 0.1) is 5.56 Å². The van der Waals surface area contributed by atoms with Crippen LogP contribution in [0, 0.1) is 17.1 Å². The van der Waals surface area contributed by atoms with Crippen LogP contribution in [-0.2, 0) is 6.42 Å². The Labute approximate surface area is 109 Å². The maximum atomic E-state index is 13.5. The zero-order chi connectivity index (χ0) is 13.8. The largest absolute Gasteiger partial charge is 0.437 e. The van der Waals surface area contributed by atoms with Gasteiger partial charge in [-0.3, -0.25) is 0 Å². The zero-order valence-corrected chi connectivity index (χ0v) is 10.2. The standard InChI is InChI=1S/C13H11FN4O/c1-2-8-12(16)17-7-18-13(8)19-11-5-3-4-10(14)9(11)6-15/h3-5,7H,2H2,1H3,(H2,16,17,18). The van der Waals surface area contributed by atoms with E-state index in [-0.39, 0.29) is 17.2 Å². The number of benzene rings is 1. The molecule has 0 atom stereocenters. The number of aromatic nitrogens is 2.